The third-order valence-corrected chi connectivity index (χ3v) is 16.0. The first kappa shape index (κ1) is 49.7. The number of nitrogens with one attached hydrogen (secondary N) is 3. The van der Waals surface area contributed by atoms with Gasteiger partial charge in [0.1, 0.15) is 17.8 Å². The number of benzene rings is 2. The number of β-amino-alcohol motifs (C(OH)–C–C–N with tert-alkyl or cyclic N) is 1. The number of hydrogen-bond donors (Lipinski definition) is 5. The summed E-state index contributed by atoms with van der Waals surface area (Å²) < 4.78 is 0. The zero-order chi connectivity index (χ0) is 49.9. The lowest BCUT2D eigenvalue weighted by molar-refractivity contribution is -0.145. The molecule has 3 aliphatic heterocycles. The molecular formula is C55H71N11O5. The van der Waals surface area contributed by atoms with Crippen LogP contribution >= 0.6 is 0 Å². The quantitative estimate of drug-likeness (QED) is 0.109. The second kappa shape index (κ2) is 21.2. The van der Waals surface area contributed by atoms with Crippen molar-refractivity contribution < 1.29 is 24.6 Å². The molecule has 5 N–H and O–H groups in total. The number of aromatic nitrogens is 4. The SMILES string of the molecule is CC#Cc1ccc(CNC(=O)[C@@H]2C[C@@H](O)CN2C(=O)[C@@H](NC(=O)[C@H]2CCC3(CC2)C[C@H](N2CCC(c4cnc(N5CCN(c6cc(-c7ccccc7O)nnc6NC)CC5)nc4)CC2)C3)C(C)(C)C)cc1. The van der Waals surface area contributed by atoms with E-state index in [1.165, 1.54) is 23.3 Å². The van der Waals surface area contributed by atoms with Crippen molar-refractivity contribution in [2.24, 2.45) is 16.7 Å². The number of carbonyl (C=O) groups excluding carboxylic acids is 3. The van der Waals surface area contributed by atoms with Crippen molar-refractivity contribution in [2.75, 3.05) is 68.0 Å². The molecule has 1 spiro atoms. The van der Waals surface area contributed by atoms with Crippen LogP contribution in [0.3, 0.4) is 0 Å². The zero-order valence-corrected chi connectivity index (χ0v) is 42.0. The van der Waals surface area contributed by atoms with Crippen molar-refractivity contribution in [2.45, 2.75) is 122 Å². The molecule has 3 atom stereocenters. The Balaban J connectivity index is 0.710. The molecule has 2 aromatic heterocycles. The maximum atomic E-state index is 14.3. The Labute approximate surface area is 418 Å². The van der Waals surface area contributed by atoms with Gasteiger partial charge in [0.15, 0.2) is 5.82 Å². The number of likely N-dealkylation sites (tertiary alicyclic amines) is 2. The van der Waals surface area contributed by atoms with E-state index in [9.17, 15) is 24.6 Å². The Hall–Kier alpha value is -6.31. The average Bonchev–Trinajstić information content (AvgIpc) is 3.78. The predicted octanol–water partition coefficient (Wildman–Crippen LogP) is 5.71. The molecule has 376 valence electrons. The highest BCUT2D eigenvalue weighted by atomic mass is 16.3. The normalized spacial score (nSPS) is 24.4. The third-order valence-electron chi connectivity index (χ3n) is 16.0. The molecule has 16 nitrogen and oxygen atoms in total. The van der Waals surface area contributed by atoms with Crippen molar-refractivity contribution in [1.29, 1.82) is 0 Å². The predicted molar refractivity (Wildman–Crippen MR) is 274 cm³/mol. The number of amides is 3. The monoisotopic (exact) mass is 966 g/mol. The van der Waals surface area contributed by atoms with Gasteiger partial charge in [0.05, 0.1) is 17.5 Å². The van der Waals surface area contributed by atoms with Gasteiger partial charge in [-0.2, -0.15) is 0 Å². The summed E-state index contributed by atoms with van der Waals surface area (Å²) in [4.78, 5) is 60.1. The van der Waals surface area contributed by atoms with Crippen LogP contribution in [0.1, 0.15) is 108 Å². The third kappa shape index (κ3) is 11.1. The van der Waals surface area contributed by atoms with Crippen molar-refractivity contribution in [3.05, 3.63) is 83.7 Å². The summed E-state index contributed by atoms with van der Waals surface area (Å²) in [6.07, 6.45) is 11.5. The van der Waals surface area contributed by atoms with Crippen molar-refractivity contribution >= 4 is 35.2 Å². The number of rotatable bonds is 12. The Bertz CT molecular complexity index is 2580. The van der Waals surface area contributed by atoms with Gasteiger partial charge < -0.3 is 45.8 Å². The smallest absolute Gasteiger partial charge is 0.246 e. The fourth-order valence-electron chi connectivity index (χ4n) is 11.7. The van der Waals surface area contributed by atoms with E-state index in [2.05, 4.69) is 52.7 Å². The van der Waals surface area contributed by atoms with E-state index in [0.717, 1.165) is 101 Å². The number of phenols is 1. The van der Waals surface area contributed by atoms with Gasteiger partial charge in [-0.25, -0.2) is 9.97 Å². The lowest BCUT2D eigenvalue weighted by Gasteiger charge is -2.55. The first-order valence-corrected chi connectivity index (χ1v) is 25.7. The Morgan fingerprint density at radius 3 is 2.20 bits per heavy atom. The number of piperazine rings is 1. The molecule has 2 aliphatic carbocycles. The van der Waals surface area contributed by atoms with Crippen LogP contribution in [0.25, 0.3) is 11.3 Å². The molecule has 5 heterocycles. The molecule has 0 radical (unpaired) electrons. The lowest BCUT2D eigenvalue weighted by Crippen LogP contribution is -2.59. The summed E-state index contributed by atoms with van der Waals surface area (Å²) in [6, 6.07) is 15.7. The number of anilines is 3. The molecule has 5 fully saturated rings. The Kier molecular flexibility index (Phi) is 14.8. The second-order valence-corrected chi connectivity index (χ2v) is 21.7. The highest BCUT2D eigenvalue weighted by Gasteiger charge is 2.50. The minimum Gasteiger partial charge on any atom is -0.507 e. The summed E-state index contributed by atoms with van der Waals surface area (Å²) in [7, 11) is 1.84. The molecule has 0 unspecified atom stereocenters. The van der Waals surface area contributed by atoms with Crippen molar-refractivity contribution in [3.8, 4) is 28.8 Å². The van der Waals surface area contributed by atoms with Crippen LogP contribution < -0.4 is 25.8 Å². The summed E-state index contributed by atoms with van der Waals surface area (Å²) in [5.41, 5.74) is 4.92. The Morgan fingerprint density at radius 1 is 0.873 bits per heavy atom. The summed E-state index contributed by atoms with van der Waals surface area (Å²) in [5.74, 6) is 7.07. The zero-order valence-electron chi connectivity index (χ0n) is 42.0. The van der Waals surface area contributed by atoms with E-state index in [1.54, 1.807) is 19.1 Å². The van der Waals surface area contributed by atoms with E-state index in [-0.39, 0.29) is 47.8 Å². The maximum absolute atomic E-state index is 14.3. The van der Waals surface area contributed by atoms with Gasteiger partial charge in [-0.05, 0) is 130 Å². The summed E-state index contributed by atoms with van der Waals surface area (Å²) in [6.45, 7) is 13.1. The highest BCUT2D eigenvalue weighted by molar-refractivity contribution is 5.93. The topological polar surface area (TPSA) is 192 Å². The van der Waals surface area contributed by atoms with Crippen LogP contribution in [-0.4, -0.2) is 135 Å². The molecule has 3 amide bonds. The number of aliphatic hydroxyl groups excluding tert-OH is 1. The molecule has 9 rings (SSSR count). The van der Waals surface area contributed by atoms with E-state index >= 15 is 0 Å². The number of aromatic hydroxyl groups is 1. The molecule has 4 aromatic rings. The molecule has 71 heavy (non-hydrogen) atoms. The van der Waals surface area contributed by atoms with Crippen LogP contribution in [0, 0.1) is 28.6 Å². The van der Waals surface area contributed by atoms with Gasteiger partial charge in [-0.15, -0.1) is 16.1 Å². The van der Waals surface area contributed by atoms with Crippen LogP contribution in [0.4, 0.5) is 17.5 Å². The fraction of sp³-hybridized carbons (Fsp3) is 0.545. The number of hydrogen-bond acceptors (Lipinski definition) is 13. The fourth-order valence-corrected chi connectivity index (χ4v) is 11.7. The van der Waals surface area contributed by atoms with Gasteiger partial charge >= 0.3 is 0 Å². The van der Waals surface area contributed by atoms with Crippen LogP contribution in [-0.2, 0) is 20.9 Å². The van der Waals surface area contributed by atoms with Crippen molar-refractivity contribution in [1.82, 2.24) is 40.6 Å². The minimum atomic E-state index is -0.835. The number of phenolic OH excluding ortho intramolecular Hbond substituents is 1. The average molecular weight is 966 g/mol. The standard InChI is InChI=1S/C55H71N11O5/c1-6-9-36-12-14-37(15-13-36)32-57-51(70)46-28-42(67)35-66(46)52(71)48(54(2,3)4)60-50(69)39-16-20-55(21-17-39)30-41(31-55)63-22-18-38(19-23-63)40-33-58-53(59-34-40)65-26-24-64(25-27-65)45-29-44(61-62-49(45)56-5)43-10-7-8-11-47(43)68/h7-8,10-15,29,33-34,38-39,41-42,46,48,67-68H,16-28,30-32,35H2,1-5H3,(H,56,62)(H,57,70)(H,60,69)/t39-,41-,42-,46+,48-,55?/m1/s1. The largest absolute Gasteiger partial charge is 0.507 e. The molecule has 3 saturated heterocycles. The van der Waals surface area contributed by atoms with E-state index in [1.807, 2.05) is 82.7 Å². The van der Waals surface area contributed by atoms with E-state index in [0.29, 0.717) is 35.6 Å². The van der Waals surface area contributed by atoms with Crippen LogP contribution in [0.15, 0.2) is 67.0 Å². The molecular weight excluding hydrogens is 895 g/mol. The number of piperidine rings is 1. The molecule has 0 bridgehead atoms. The van der Waals surface area contributed by atoms with Gasteiger partial charge in [0, 0.05) is 88.2 Å². The summed E-state index contributed by atoms with van der Waals surface area (Å²) in [5, 5.41) is 39.2. The summed E-state index contributed by atoms with van der Waals surface area (Å²) >= 11 is 0. The van der Waals surface area contributed by atoms with Gasteiger partial charge in [0.25, 0.3) is 0 Å². The number of carbonyl (C=O) groups is 3. The minimum absolute atomic E-state index is 0.0484. The number of aliphatic hydroxyl groups is 1. The van der Waals surface area contributed by atoms with E-state index in [4.69, 9.17) is 9.97 Å². The maximum Gasteiger partial charge on any atom is 0.246 e. The first-order chi connectivity index (χ1) is 34.2. The Morgan fingerprint density at radius 2 is 1.55 bits per heavy atom. The molecule has 2 saturated carbocycles. The highest BCUT2D eigenvalue weighted by Crippen LogP contribution is 2.55. The number of para-hydroxylation sites is 1. The van der Waals surface area contributed by atoms with Gasteiger partial charge in [-0.3, -0.25) is 14.4 Å². The van der Waals surface area contributed by atoms with Crippen molar-refractivity contribution in [3.63, 3.8) is 0 Å². The molecule has 2 aromatic carbocycles. The number of nitrogens with zero attached hydrogens (tertiary/aromatic N) is 8. The van der Waals surface area contributed by atoms with Crippen LogP contribution in [0.2, 0.25) is 0 Å². The lowest BCUT2D eigenvalue weighted by atomic mass is 9.56. The molecule has 16 heteroatoms. The van der Waals surface area contributed by atoms with Gasteiger partial charge in [0.2, 0.25) is 23.7 Å². The van der Waals surface area contributed by atoms with E-state index < -0.39 is 23.6 Å². The van der Waals surface area contributed by atoms with Crippen LogP contribution in [0.5, 0.6) is 5.75 Å². The second-order valence-electron chi connectivity index (χ2n) is 21.7. The first-order valence-electron chi connectivity index (χ1n) is 25.7. The van der Waals surface area contributed by atoms with Gasteiger partial charge in [-0.1, -0.05) is 51.0 Å². The molecule has 5 aliphatic rings.